The van der Waals surface area contributed by atoms with Gasteiger partial charge in [0.05, 0.1) is 17.9 Å². The Morgan fingerprint density at radius 1 is 1.33 bits per heavy atom. The number of amides is 2. The number of rotatable bonds is 4. The Morgan fingerprint density at radius 3 is 2.85 bits per heavy atom. The van der Waals surface area contributed by atoms with Gasteiger partial charge in [0.25, 0.3) is 0 Å². The second-order valence-corrected chi connectivity index (χ2v) is 6.81. The molecule has 0 spiro atoms. The zero-order valence-corrected chi connectivity index (χ0v) is 15.8. The highest BCUT2D eigenvalue weighted by atomic mass is 79.9. The number of allylic oxidation sites excluding steroid dienone is 1. The standard InChI is InChI=1S/C18H15BrN2O6/c1-9-15(17(22)25-7-10-3-2-4-24-10)16(21-18(23)20-9)11-5-13-14(6-12(11)19)27-8-26-13/h2-6,16H,7-8H2,1H3,(H2,20,21,23)/t16-/m1/s1. The van der Waals surface area contributed by atoms with E-state index in [0.717, 1.165) is 0 Å². The molecule has 0 fully saturated rings. The summed E-state index contributed by atoms with van der Waals surface area (Å²) in [6, 6.07) is 5.77. The summed E-state index contributed by atoms with van der Waals surface area (Å²) >= 11 is 3.48. The molecule has 0 bridgehead atoms. The van der Waals surface area contributed by atoms with Crippen LogP contribution >= 0.6 is 15.9 Å². The molecular weight excluding hydrogens is 420 g/mol. The van der Waals surface area contributed by atoms with Gasteiger partial charge in [-0.2, -0.15) is 0 Å². The number of urea groups is 1. The molecule has 0 unspecified atom stereocenters. The van der Waals surface area contributed by atoms with Crippen molar-refractivity contribution in [1.29, 1.82) is 0 Å². The van der Waals surface area contributed by atoms with Gasteiger partial charge in [-0.05, 0) is 36.8 Å². The lowest BCUT2D eigenvalue weighted by Crippen LogP contribution is -2.45. The minimum absolute atomic E-state index is 0.00834. The zero-order chi connectivity index (χ0) is 19.0. The van der Waals surface area contributed by atoms with E-state index < -0.39 is 18.0 Å². The molecule has 2 N–H and O–H groups in total. The topological polar surface area (TPSA) is 99.0 Å². The molecule has 2 amide bonds. The predicted molar refractivity (Wildman–Crippen MR) is 95.9 cm³/mol. The lowest BCUT2D eigenvalue weighted by Gasteiger charge is -2.28. The average molecular weight is 435 g/mol. The van der Waals surface area contributed by atoms with Gasteiger partial charge in [0.1, 0.15) is 12.4 Å². The molecule has 0 aliphatic carbocycles. The number of carbonyl (C=O) groups excluding carboxylic acids is 2. The number of halogens is 1. The van der Waals surface area contributed by atoms with Crippen LogP contribution < -0.4 is 20.1 Å². The summed E-state index contributed by atoms with van der Waals surface area (Å²) in [5.41, 5.74) is 1.36. The van der Waals surface area contributed by atoms with Crippen molar-refractivity contribution in [3.8, 4) is 11.5 Å². The van der Waals surface area contributed by atoms with Gasteiger partial charge >= 0.3 is 12.0 Å². The van der Waals surface area contributed by atoms with Gasteiger partial charge in [-0.15, -0.1) is 0 Å². The second-order valence-electron chi connectivity index (χ2n) is 5.95. The van der Waals surface area contributed by atoms with Crippen LogP contribution in [0.4, 0.5) is 4.79 Å². The van der Waals surface area contributed by atoms with Gasteiger partial charge in [-0.25, -0.2) is 9.59 Å². The van der Waals surface area contributed by atoms with Crippen molar-refractivity contribution in [2.75, 3.05) is 6.79 Å². The van der Waals surface area contributed by atoms with E-state index in [-0.39, 0.29) is 13.4 Å². The lowest BCUT2D eigenvalue weighted by molar-refractivity contribution is -0.141. The Bertz CT molecular complexity index is 938. The van der Waals surface area contributed by atoms with Gasteiger partial charge in [-0.3, -0.25) is 0 Å². The van der Waals surface area contributed by atoms with E-state index in [1.54, 1.807) is 31.2 Å². The largest absolute Gasteiger partial charge is 0.466 e. The van der Waals surface area contributed by atoms with Crippen molar-refractivity contribution in [2.24, 2.45) is 0 Å². The maximum Gasteiger partial charge on any atom is 0.338 e. The summed E-state index contributed by atoms with van der Waals surface area (Å²) in [7, 11) is 0. The summed E-state index contributed by atoms with van der Waals surface area (Å²) in [4.78, 5) is 24.8. The lowest BCUT2D eigenvalue weighted by atomic mass is 9.95. The molecule has 1 atom stereocenters. The van der Waals surface area contributed by atoms with E-state index in [1.165, 1.54) is 6.26 Å². The van der Waals surface area contributed by atoms with Gasteiger partial charge in [0.2, 0.25) is 6.79 Å². The summed E-state index contributed by atoms with van der Waals surface area (Å²) in [6.45, 7) is 1.76. The smallest absolute Gasteiger partial charge is 0.338 e. The molecular formula is C18H15BrN2O6. The Kier molecular flexibility index (Phi) is 4.53. The van der Waals surface area contributed by atoms with Crippen LogP contribution in [0.5, 0.6) is 11.5 Å². The number of carbonyl (C=O) groups is 2. The third-order valence-corrected chi connectivity index (χ3v) is 4.90. The van der Waals surface area contributed by atoms with Crippen molar-refractivity contribution in [3.05, 3.63) is 57.6 Å². The molecule has 2 aliphatic heterocycles. The molecule has 0 saturated heterocycles. The van der Waals surface area contributed by atoms with Gasteiger partial charge in [0, 0.05) is 10.2 Å². The first kappa shape index (κ1) is 17.5. The van der Waals surface area contributed by atoms with E-state index in [2.05, 4.69) is 26.6 Å². The highest BCUT2D eigenvalue weighted by Crippen LogP contribution is 2.41. The summed E-state index contributed by atoms with van der Waals surface area (Å²) in [6.07, 6.45) is 1.50. The number of nitrogens with one attached hydrogen (secondary N) is 2. The van der Waals surface area contributed by atoms with E-state index >= 15 is 0 Å². The second kappa shape index (κ2) is 6.99. The molecule has 1 aromatic heterocycles. The Morgan fingerprint density at radius 2 is 2.11 bits per heavy atom. The first-order valence-corrected chi connectivity index (χ1v) is 8.89. The van der Waals surface area contributed by atoms with Gasteiger partial charge in [-0.1, -0.05) is 15.9 Å². The van der Waals surface area contributed by atoms with Crippen molar-refractivity contribution >= 4 is 27.9 Å². The third-order valence-electron chi connectivity index (χ3n) is 4.22. The molecule has 0 saturated carbocycles. The van der Waals surface area contributed by atoms with E-state index in [9.17, 15) is 9.59 Å². The van der Waals surface area contributed by atoms with Crippen molar-refractivity contribution in [2.45, 2.75) is 19.6 Å². The Labute approximate surface area is 162 Å². The highest BCUT2D eigenvalue weighted by Gasteiger charge is 2.34. The third kappa shape index (κ3) is 3.37. The Balaban J connectivity index is 1.66. The van der Waals surface area contributed by atoms with Gasteiger partial charge < -0.3 is 29.3 Å². The maximum absolute atomic E-state index is 12.8. The summed E-state index contributed by atoms with van der Waals surface area (Å²) < 4.78 is 22.0. The summed E-state index contributed by atoms with van der Waals surface area (Å²) in [5, 5.41) is 5.37. The molecule has 0 radical (unpaired) electrons. The molecule has 2 aromatic rings. The predicted octanol–water partition coefficient (Wildman–Crippen LogP) is 3.14. The number of benzene rings is 1. The van der Waals surface area contributed by atoms with Crippen LogP contribution in [0, 0.1) is 0 Å². The van der Waals surface area contributed by atoms with E-state index in [1.807, 2.05) is 0 Å². The number of fused-ring (bicyclic) bond motifs is 1. The van der Waals surface area contributed by atoms with Crippen LogP contribution in [0.15, 0.2) is 50.7 Å². The number of hydrogen-bond acceptors (Lipinski definition) is 6. The number of furan rings is 1. The molecule has 140 valence electrons. The molecule has 3 heterocycles. The van der Waals surface area contributed by atoms with Crippen LogP contribution in [0.1, 0.15) is 24.3 Å². The van der Waals surface area contributed by atoms with Crippen LogP contribution in [0.25, 0.3) is 0 Å². The fourth-order valence-corrected chi connectivity index (χ4v) is 3.51. The van der Waals surface area contributed by atoms with Crippen molar-refractivity contribution in [3.63, 3.8) is 0 Å². The van der Waals surface area contributed by atoms with Crippen LogP contribution in [0.3, 0.4) is 0 Å². The Hall–Kier alpha value is -2.94. The van der Waals surface area contributed by atoms with E-state index in [4.69, 9.17) is 18.6 Å². The summed E-state index contributed by atoms with van der Waals surface area (Å²) in [5.74, 6) is 1.09. The van der Waals surface area contributed by atoms with Crippen molar-refractivity contribution in [1.82, 2.24) is 10.6 Å². The first-order chi connectivity index (χ1) is 13.0. The molecule has 2 aliphatic rings. The molecule has 4 rings (SSSR count). The number of ether oxygens (including phenoxy) is 3. The quantitative estimate of drug-likeness (QED) is 0.717. The van der Waals surface area contributed by atoms with Crippen LogP contribution in [-0.4, -0.2) is 18.8 Å². The molecule has 27 heavy (non-hydrogen) atoms. The highest BCUT2D eigenvalue weighted by molar-refractivity contribution is 9.10. The fourth-order valence-electron chi connectivity index (χ4n) is 2.96. The maximum atomic E-state index is 12.8. The monoisotopic (exact) mass is 434 g/mol. The minimum atomic E-state index is -0.716. The molecule has 8 nitrogen and oxygen atoms in total. The SMILES string of the molecule is CC1=C(C(=O)OCc2ccco2)[C@@H](c2cc3c(cc2Br)OCO3)NC(=O)N1. The fraction of sp³-hybridized carbons (Fsp3) is 0.222. The van der Waals surface area contributed by atoms with Crippen LogP contribution in [0.2, 0.25) is 0 Å². The molecule has 1 aromatic carbocycles. The number of hydrogen-bond donors (Lipinski definition) is 2. The number of esters is 1. The minimum Gasteiger partial charge on any atom is -0.466 e. The zero-order valence-electron chi connectivity index (χ0n) is 14.2. The van der Waals surface area contributed by atoms with Gasteiger partial charge in [0.15, 0.2) is 11.5 Å². The first-order valence-electron chi connectivity index (χ1n) is 8.10. The normalized spacial score (nSPS) is 18.1. The average Bonchev–Trinajstić information content (AvgIpc) is 3.29. The molecule has 9 heteroatoms. The van der Waals surface area contributed by atoms with Crippen molar-refractivity contribution < 1.29 is 28.2 Å². The van der Waals surface area contributed by atoms with E-state index in [0.29, 0.717) is 38.6 Å². The van der Waals surface area contributed by atoms with Crippen LogP contribution in [-0.2, 0) is 16.1 Å².